The van der Waals surface area contributed by atoms with E-state index in [2.05, 4.69) is 22.0 Å². The molecule has 4 rings (SSSR count). The molecule has 1 amide bonds. The molecule has 1 saturated heterocycles. The van der Waals surface area contributed by atoms with Crippen LogP contribution in [0.5, 0.6) is 0 Å². The smallest absolute Gasteiger partial charge is 0.348 e. The average molecular weight is 401 g/mol. The number of benzene rings is 2. The average Bonchev–Trinajstić information content (AvgIpc) is 3.27. The van der Waals surface area contributed by atoms with Crippen LogP contribution in [0.15, 0.2) is 60.8 Å². The van der Waals surface area contributed by atoms with Gasteiger partial charge in [0.2, 0.25) is 0 Å². The van der Waals surface area contributed by atoms with Crippen molar-refractivity contribution in [1.82, 2.24) is 14.8 Å². The largest absolute Gasteiger partial charge is 0.401 e. The van der Waals surface area contributed by atoms with Gasteiger partial charge in [-0.1, -0.05) is 30.3 Å². The topological polar surface area (TPSA) is 37.3 Å². The van der Waals surface area contributed by atoms with E-state index >= 15 is 0 Å². The number of halogens is 3. The van der Waals surface area contributed by atoms with E-state index in [1.165, 1.54) is 10.5 Å². The molecular formula is C22H22F3N3O. The Hall–Kier alpha value is -2.80. The van der Waals surface area contributed by atoms with Gasteiger partial charge in [0.25, 0.3) is 5.91 Å². The number of rotatable bonds is 5. The molecule has 2 aromatic carbocycles. The molecule has 0 saturated carbocycles. The third-order valence-electron chi connectivity index (χ3n) is 5.24. The number of amides is 1. The summed E-state index contributed by atoms with van der Waals surface area (Å²) in [5, 5.41) is 3.82. The molecule has 0 radical (unpaired) electrons. The maximum Gasteiger partial charge on any atom is 0.401 e. The zero-order chi connectivity index (χ0) is 20.4. The van der Waals surface area contributed by atoms with E-state index in [1.807, 2.05) is 42.6 Å². The number of aromatic nitrogens is 1. The summed E-state index contributed by atoms with van der Waals surface area (Å²) in [7, 11) is 0. The van der Waals surface area contributed by atoms with Crippen molar-refractivity contribution in [2.24, 2.45) is 0 Å². The molecule has 1 N–H and O–H groups in total. The summed E-state index contributed by atoms with van der Waals surface area (Å²) in [5.41, 5.74) is 2.74. The highest BCUT2D eigenvalue weighted by Gasteiger charge is 2.34. The molecule has 152 valence electrons. The summed E-state index contributed by atoms with van der Waals surface area (Å²) in [4.78, 5) is 13.9. The van der Waals surface area contributed by atoms with Gasteiger partial charge in [0.15, 0.2) is 0 Å². The second-order valence-corrected chi connectivity index (χ2v) is 7.51. The van der Waals surface area contributed by atoms with E-state index in [0.717, 1.165) is 17.4 Å². The van der Waals surface area contributed by atoms with Crippen LogP contribution in [0.3, 0.4) is 0 Å². The van der Waals surface area contributed by atoms with Crippen LogP contribution < -0.4 is 5.32 Å². The molecule has 0 aliphatic carbocycles. The van der Waals surface area contributed by atoms with Crippen LogP contribution in [0.1, 0.15) is 22.3 Å². The van der Waals surface area contributed by atoms with Crippen molar-refractivity contribution < 1.29 is 18.0 Å². The van der Waals surface area contributed by atoms with E-state index in [1.54, 1.807) is 6.07 Å². The molecule has 1 aliphatic rings. The summed E-state index contributed by atoms with van der Waals surface area (Å²) >= 11 is 0. The molecule has 1 atom stereocenters. The number of likely N-dealkylation sites (tertiary alicyclic amines) is 1. The number of nitrogens with one attached hydrogen (secondary N) is 1. The number of fused-ring (bicyclic) bond motifs is 1. The predicted octanol–water partition coefficient (Wildman–Crippen LogP) is 4.06. The molecule has 1 aromatic heterocycles. The van der Waals surface area contributed by atoms with Crippen molar-refractivity contribution in [3.05, 3.63) is 71.9 Å². The van der Waals surface area contributed by atoms with Crippen molar-refractivity contribution in [3.8, 4) is 0 Å². The lowest BCUT2D eigenvalue weighted by Crippen LogP contribution is -2.39. The second-order valence-electron chi connectivity index (χ2n) is 7.51. The highest BCUT2D eigenvalue weighted by atomic mass is 19.4. The molecule has 3 aromatic rings. The lowest BCUT2D eigenvalue weighted by atomic mass is 10.1. The second kappa shape index (κ2) is 7.91. The zero-order valence-corrected chi connectivity index (χ0v) is 15.8. The van der Waals surface area contributed by atoms with Crippen LogP contribution in [-0.2, 0) is 6.54 Å². The van der Waals surface area contributed by atoms with Crippen LogP contribution in [0.2, 0.25) is 0 Å². The van der Waals surface area contributed by atoms with Crippen LogP contribution in [0.25, 0.3) is 10.9 Å². The number of hydrogen-bond donors (Lipinski definition) is 1. The van der Waals surface area contributed by atoms with Gasteiger partial charge in [-0.25, -0.2) is 0 Å². The van der Waals surface area contributed by atoms with Crippen LogP contribution in [-0.4, -0.2) is 47.2 Å². The SMILES string of the molecule is O=C(NC1CCN(CC(F)(F)F)C1)c1ccc2c(ccn2Cc2ccccc2)c1. The lowest BCUT2D eigenvalue weighted by Gasteiger charge is -2.18. The molecule has 1 unspecified atom stereocenters. The zero-order valence-electron chi connectivity index (χ0n) is 15.8. The lowest BCUT2D eigenvalue weighted by molar-refractivity contribution is -0.143. The molecule has 2 heterocycles. The number of carbonyl (C=O) groups is 1. The minimum absolute atomic E-state index is 0.223. The Morgan fingerprint density at radius 1 is 1.10 bits per heavy atom. The predicted molar refractivity (Wildman–Crippen MR) is 106 cm³/mol. The van der Waals surface area contributed by atoms with Crippen LogP contribution >= 0.6 is 0 Å². The molecule has 1 fully saturated rings. The first kappa shape index (κ1) is 19.5. The van der Waals surface area contributed by atoms with Gasteiger partial charge in [0.1, 0.15) is 0 Å². The van der Waals surface area contributed by atoms with Crippen molar-refractivity contribution in [3.63, 3.8) is 0 Å². The van der Waals surface area contributed by atoms with Gasteiger partial charge < -0.3 is 9.88 Å². The Morgan fingerprint density at radius 2 is 1.90 bits per heavy atom. The molecule has 1 aliphatic heterocycles. The third-order valence-corrected chi connectivity index (χ3v) is 5.24. The Kier molecular flexibility index (Phi) is 5.32. The first-order chi connectivity index (χ1) is 13.9. The quantitative estimate of drug-likeness (QED) is 0.700. The molecule has 7 heteroatoms. The number of alkyl halides is 3. The summed E-state index contributed by atoms with van der Waals surface area (Å²) in [6, 6.07) is 17.3. The van der Waals surface area contributed by atoms with Gasteiger partial charge in [0.05, 0.1) is 6.54 Å². The number of nitrogens with zero attached hydrogens (tertiary/aromatic N) is 2. The maximum absolute atomic E-state index is 12.6. The van der Waals surface area contributed by atoms with E-state index < -0.39 is 12.7 Å². The van der Waals surface area contributed by atoms with Crippen molar-refractivity contribution in [1.29, 1.82) is 0 Å². The first-order valence-corrected chi connectivity index (χ1v) is 9.60. The van der Waals surface area contributed by atoms with E-state index in [9.17, 15) is 18.0 Å². The van der Waals surface area contributed by atoms with Crippen molar-refractivity contribution in [2.45, 2.75) is 25.2 Å². The molecule has 0 spiro atoms. The molecule has 29 heavy (non-hydrogen) atoms. The molecule has 4 nitrogen and oxygen atoms in total. The summed E-state index contributed by atoms with van der Waals surface area (Å²) in [6.45, 7) is 0.375. The molecular weight excluding hydrogens is 379 g/mol. The van der Waals surface area contributed by atoms with Gasteiger partial charge in [-0.05, 0) is 36.2 Å². The van der Waals surface area contributed by atoms with E-state index in [-0.39, 0.29) is 18.5 Å². The standard InChI is InChI=1S/C22H22F3N3O/c23-22(24,25)15-27-10-9-19(14-27)26-21(29)18-6-7-20-17(12-18)8-11-28(20)13-16-4-2-1-3-5-16/h1-8,11-12,19H,9-10,13-15H2,(H,26,29). The van der Waals surface area contributed by atoms with E-state index in [4.69, 9.17) is 0 Å². The van der Waals surface area contributed by atoms with Crippen LogP contribution in [0.4, 0.5) is 13.2 Å². The van der Waals surface area contributed by atoms with Gasteiger partial charge >= 0.3 is 6.18 Å². The summed E-state index contributed by atoms with van der Waals surface area (Å²) in [6.07, 6.45) is -1.69. The Balaban J connectivity index is 1.41. The Morgan fingerprint density at radius 3 is 2.66 bits per heavy atom. The van der Waals surface area contributed by atoms with Crippen molar-refractivity contribution >= 4 is 16.8 Å². The Labute approximate surface area is 166 Å². The fourth-order valence-electron chi connectivity index (χ4n) is 3.88. The normalized spacial score (nSPS) is 17.7. The third kappa shape index (κ3) is 4.79. The Bertz CT molecular complexity index is 997. The highest BCUT2D eigenvalue weighted by molar-refractivity contribution is 5.98. The van der Waals surface area contributed by atoms with Gasteiger partial charge in [-0.3, -0.25) is 9.69 Å². The van der Waals surface area contributed by atoms with Gasteiger partial charge in [-0.15, -0.1) is 0 Å². The fraction of sp³-hybridized carbons (Fsp3) is 0.318. The number of hydrogen-bond acceptors (Lipinski definition) is 2. The fourth-order valence-corrected chi connectivity index (χ4v) is 3.88. The maximum atomic E-state index is 12.6. The van der Waals surface area contributed by atoms with Gasteiger partial charge in [0, 0.05) is 48.3 Å². The van der Waals surface area contributed by atoms with Crippen LogP contribution in [0, 0.1) is 0 Å². The minimum Gasteiger partial charge on any atom is -0.348 e. The first-order valence-electron chi connectivity index (χ1n) is 9.60. The molecule has 0 bridgehead atoms. The van der Waals surface area contributed by atoms with E-state index in [0.29, 0.717) is 18.5 Å². The highest BCUT2D eigenvalue weighted by Crippen LogP contribution is 2.21. The monoisotopic (exact) mass is 401 g/mol. The van der Waals surface area contributed by atoms with Crippen molar-refractivity contribution in [2.75, 3.05) is 19.6 Å². The minimum atomic E-state index is -4.21. The summed E-state index contributed by atoms with van der Waals surface area (Å²) in [5.74, 6) is -0.249. The summed E-state index contributed by atoms with van der Waals surface area (Å²) < 4.78 is 39.7. The number of carbonyl (C=O) groups excluding carboxylic acids is 1. The van der Waals surface area contributed by atoms with Gasteiger partial charge in [-0.2, -0.15) is 13.2 Å².